The van der Waals surface area contributed by atoms with Crippen molar-refractivity contribution < 1.29 is 4.79 Å². The molecule has 0 radical (unpaired) electrons. The van der Waals surface area contributed by atoms with Crippen LogP contribution in [0.4, 0.5) is 4.79 Å². The van der Waals surface area contributed by atoms with Gasteiger partial charge in [-0.1, -0.05) is 11.6 Å². The van der Waals surface area contributed by atoms with Crippen molar-refractivity contribution in [3.05, 3.63) is 45.4 Å². The Morgan fingerprint density at radius 3 is 2.90 bits per heavy atom. The van der Waals surface area contributed by atoms with E-state index in [2.05, 4.69) is 22.1 Å². The number of aryl methyl sites for hydroxylation is 1. The summed E-state index contributed by atoms with van der Waals surface area (Å²) in [6, 6.07) is 3.99. The lowest BCUT2D eigenvalue weighted by molar-refractivity contribution is 0.202. The molecule has 0 saturated carbocycles. The van der Waals surface area contributed by atoms with E-state index < -0.39 is 0 Å². The van der Waals surface area contributed by atoms with Gasteiger partial charge in [-0.15, -0.1) is 0 Å². The minimum Gasteiger partial charge on any atom is -0.351 e. The van der Waals surface area contributed by atoms with Gasteiger partial charge in [0.1, 0.15) is 0 Å². The third kappa shape index (κ3) is 4.51. The number of carbonyl (C=O) groups is 1. The highest BCUT2D eigenvalue weighted by Gasteiger charge is 2.14. The molecule has 0 aliphatic carbocycles. The highest BCUT2D eigenvalue weighted by Crippen LogP contribution is 2.14. The summed E-state index contributed by atoms with van der Waals surface area (Å²) in [6.07, 6.45) is 2.68. The number of halogens is 1. The maximum atomic E-state index is 12.2. The number of carbonyl (C=O) groups excluding carboxylic acids is 1. The van der Waals surface area contributed by atoms with Gasteiger partial charge in [0.2, 0.25) is 0 Å². The van der Waals surface area contributed by atoms with Crippen LogP contribution in [0.3, 0.4) is 0 Å². The predicted molar refractivity (Wildman–Crippen MR) is 87.9 cm³/mol. The van der Waals surface area contributed by atoms with Crippen molar-refractivity contribution in [2.75, 3.05) is 7.05 Å². The number of hydrogen-bond acceptors (Lipinski definition) is 2. The molecule has 0 saturated heterocycles. The second-order valence-electron chi connectivity index (χ2n) is 5.30. The van der Waals surface area contributed by atoms with Gasteiger partial charge in [-0.25, -0.2) is 4.79 Å². The molecule has 2 rings (SSSR count). The number of hydrogen-bond donors (Lipinski definition) is 1. The number of nitrogens with one attached hydrogen (secondary N) is 1. The molecular weight excluding hydrogens is 306 g/mol. The van der Waals surface area contributed by atoms with Gasteiger partial charge in [0.05, 0.1) is 11.6 Å². The minimum atomic E-state index is -0.0740. The molecule has 1 unspecified atom stereocenters. The maximum absolute atomic E-state index is 12.2. The van der Waals surface area contributed by atoms with Crippen molar-refractivity contribution in [2.24, 2.45) is 7.05 Å². The average molecular weight is 326 g/mol. The molecule has 2 aromatic heterocycles. The Kier molecular flexibility index (Phi) is 5.31. The standard InChI is InChI=1S/C15H20ClN3OS/c1-11(6-12-4-5-21-10-12)17-15(20)19(3)9-14-7-13(16)8-18(14)2/h4-5,7-8,10-11H,6,9H2,1-3H3,(H,17,20). The molecule has 0 aliphatic rings. The molecule has 6 heteroatoms. The number of aromatic nitrogens is 1. The summed E-state index contributed by atoms with van der Waals surface area (Å²) in [7, 11) is 3.71. The van der Waals surface area contributed by atoms with E-state index in [1.807, 2.05) is 30.8 Å². The smallest absolute Gasteiger partial charge is 0.317 e. The van der Waals surface area contributed by atoms with Crippen molar-refractivity contribution in [1.82, 2.24) is 14.8 Å². The van der Waals surface area contributed by atoms with Crippen LogP contribution in [0, 0.1) is 0 Å². The molecule has 4 nitrogen and oxygen atoms in total. The molecule has 2 heterocycles. The quantitative estimate of drug-likeness (QED) is 0.897. The number of thiophene rings is 1. The van der Waals surface area contributed by atoms with Crippen molar-refractivity contribution in [1.29, 1.82) is 0 Å². The monoisotopic (exact) mass is 325 g/mol. The molecule has 1 N–H and O–H groups in total. The Morgan fingerprint density at radius 2 is 2.33 bits per heavy atom. The van der Waals surface area contributed by atoms with Crippen molar-refractivity contribution in [3.8, 4) is 0 Å². The zero-order valence-corrected chi connectivity index (χ0v) is 14.0. The van der Waals surface area contributed by atoms with Gasteiger partial charge in [-0.3, -0.25) is 0 Å². The van der Waals surface area contributed by atoms with E-state index in [1.165, 1.54) is 5.56 Å². The second kappa shape index (κ2) is 7.00. The zero-order valence-electron chi connectivity index (χ0n) is 12.5. The molecule has 2 aromatic rings. The highest BCUT2D eigenvalue weighted by molar-refractivity contribution is 7.07. The van der Waals surface area contributed by atoms with E-state index in [9.17, 15) is 4.79 Å². The molecule has 1 atom stereocenters. The van der Waals surface area contributed by atoms with Crippen LogP contribution in [-0.2, 0) is 20.0 Å². The van der Waals surface area contributed by atoms with Crippen LogP contribution < -0.4 is 5.32 Å². The van der Waals surface area contributed by atoms with Crippen molar-refractivity contribution >= 4 is 29.0 Å². The topological polar surface area (TPSA) is 37.3 Å². The first-order valence-corrected chi connectivity index (χ1v) is 8.11. The van der Waals surface area contributed by atoms with Gasteiger partial charge in [-0.2, -0.15) is 11.3 Å². The van der Waals surface area contributed by atoms with E-state index in [0.29, 0.717) is 11.6 Å². The molecular formula is C15H20ClN3OS. The van der Waals surface area contributed by atoms with Crippen LogP contribution in [0.5, 0.6) is 0 Å². The molecule has 2 amide bonds. The van der Waals surface area contributed by atoms with Crippen LogP contribution >= 0.6 is 22.9 Å². The lowest BCUT2D eigenvalue weighted by Crippen LogP contribution is -2.42. The van der Waals surface area contributed by atoms with Crippen molar-refractivity contribution in [2.45, 2.75) is 25.9 Å². The Hall–Kier alpha value is -1.46. The van der Waals surface area contributed by atoms with Gasteiger partial charge < -0.3 is 14.8 Å². The summed E-state index contributed by atoms with van der Waals surface area (Å²) in [5.74, 6) is 0. The fourth-order valence-corrected chi connectivity index (χ4v) is 3.13. The fourth-order valence-electron chi connectivity index (χ4n) is 2.17. The molecule has 21 heavy (non-hydrogen) atoms. The summed E-state index contributed by atoms with van der Waals surface area (Å²) in [6.45, 7) is 2.54. The maximum Gasteiger partial charge on any atom is 0.317 e. The highest BCUT2D eigenvalue weighted by atomic mass is 35.5. The largest absolute Gasteiger partial charge is 0.351 e. The van der Waals surface area contributed by atoms with Gasteiger partial charge in [0.15, 0.2) is 0 Å². The van der Waals surface area contributed by atoms with E-state index in [1.54, 1.807) is 23.3 Å². The first-order chi connectivity index (χ1) is 9.95. The Labute approximate surface area is 134 Å². The third-order valence-electron chi connectivity index (χ3n) is 3.31. The normalized spacial score (nSPS) is 12.2. The molecule has 0 aromatic carbocycles. The number of urea groups is 1. The molecule has 0 fully saturated rings. The lowest BCUT2D eigenvalue weighted by Gasteiger charge is -2.21. The molecule has 0 bridgehead atoms. The van der Waals surface area contributed by atoms with Crippen LogP contribution in [-0.4, -0.2) is 28.6 Å². The predicted octanol–water partition coefficient (Wildman–Crippen LogP) is 3.51. The molecule has 0 aliphatic heterocycles. The Balaban J connectivity index is 1.86. The summed E-state index contributed by atoms with van der Waals surface area (Å²) < 4.78 is 1.93. The van der Waals surface area contributed by atoms with E-state index in [4.69, 9.17) is 11.6 Å². The fraction of sp³-hybridized carbons (Fsp3) is 0.400. The summed E-state index contributed by atoms with van der Waals surface area (Å²) in [5.41, 5.74) is 2.26. The van der Waals surface area contributed by atoms with E-state index in [0.717, 1.165) is 12.1 Å². The van der Waals surface area contributed by atoms with E-state index >= 15 is 0 Å². The van der Waals surface area contributed by atoms with E-state index in [-0.39, 0.29) is 12.1 Å². The number of rotatable bonds is 5. The summed E-state index contributed by atoms with van der Waals surface area (Å²) in [4.78, 5) is 13.8. The first-order valence-electron chi connectivity index (χ1n) is 6.79. The van der Waals surface area contributed by atoms with Crippen LogP contribution in [0.1, 0.15) is 18.2 Å². The first kappa shape index (κ1) is 15.9. The Bertz CT molecular complexity index is 594. The van der Waals surface area contributed by atoms with Crippen molar-refractivity contribution in [3.63, 3.8) is 0 Å². The summed E-state index contributed by atoms with van der Waals surface area (Å²) >= 11 is 7.63. The Morgan fingerprint density at radius 1 is 1.57 bits per heavy atom. The van der Waals surface area contributed by atoms with Gasteiger partial charge in [0.25, 0.3) is 0 Å². The third-order valence-corrected chi connectivity index (χ3v) is 4.25. The average Bonchev–Trinajstić information content (AvgIpc) is 2.99. The van der Waals surface area contributed by atoms with Crippen LogP contribution in [0.2, 0.25) is 5.02 Å². The molecule has 114 valence electrons. The van der Waals surface area contributed by atoms with Gasteiger partial charge in [-0.05, 0) is 41.8 Å². The van der Waals surface area contributed by atoms with Crippen LogP contribution in [0.25, 0.3) is 0 Å². The second-order valence-corrected chi connectivity index (χ2v) is 6.52. The number of nitrogens with zero attached hydrogens (tertiary/aromatic N) is 2. The summed E-state index contributed by atoms with van der Waals surface area (Å²) in [5, 5.41) is 7.86. The minimum absolute atomic E-state index is 0.0740. The van der Waals surface area contributed by atoms with Gasteiger partial charge >= 0.3 is 6.03 Å². The lowest BCUT2D eigenvalue weighted by atomic mass is 10.1. The number of amides is 2. The SMILES string of the molecule is CC(Cc1ccsc1)NC(=O)N(C)Cc1cc(Cl)cn1C. The van der Waals surface area contributed by atoms with Crippen LogP contribution in [0.15, 0.2) is 29.1 Å². The van der Waals surface area contributed by atoms with Gasteiger partial charge in [0, 0.05) is 32.0 Å². The molecule has 0 spiro atoms. The zero-order chi connectivity index (χ0) is 15.4.